The highest BCUT2D eigenvalue weighted by Gasteiger charge is 2.39. The summed E-state index contributed by atoms with van der Waals surface area (Å²) < 4.78 is 45.8. The zero-order chi connectivity index (χ0) is 21.8. The highest BCUT2D eigenvalue weighted by Crippen LogP contribution is 2.26. The lowest BCUT2D eigenvalue weighted by atomic mass is 10.1. The van der Waals surface area contributed by atoms with Crippen LogP contribution in [0.5, 0.6) is 5.75 Å². The highest BCUT2D eigenvalue weighted by atomic mass is 32.2. The zero-order valence-corrected chi connectivity index (χ0v) is 17.6. The van der Waals surface area contributed by atoms with E-state index in [9.17, 15) is 17.6 Å². The second-order valence-corrected chi connectivity index (χ2v) is 9.27. The van der Waals surface area contributed by atoms with E-state index in [1.807, 2.05) is 42.5 Å². The first-order chi connectivity index (χ1) is 14.9. The lowest BCUT2D eigenvalue weighted by Crippen LogP contribution is -2.46. The molecule has 1 aliphatic rings. The first-order valence-corrected chi connectivity index (χ1v) is 11.6. The molecule has 1 aliphatic heterocycles. The van der Waals surface area contributed by atoms with Crippen LogP contribution in [0.2, 0.25) is 0 Å². The van der Waals surface area contributed by atoms with Crippen molar-refractivity contribution < 1.29 is 22.3 Å². The van der Waals surface area contributed by atoms with Crippen molar-refractivity contribution in [1.29, 1.82) is 0 Å². The van der Waals surface area contributed by atoms with Crippen LogP contribution in [-0.4, -0.2) is 44.4 Å². The van der Waals surface area contributed by atoms with E-state index < -0.39 is 21.9 Å². The third-order valence-corrected chi connectivity index (χ3v) is 7.24. The fourth-order valence-corrected chi connectivity index (χ4v) is 5.41. The van der Waals surface area contributed by atoms with Gasteiger partial charge in [-0.3, -0.25) is 4.79 Å². The molecule has 0 unspecified atom stereocenters. The van der Waals surface area contributed by atoms with E-state index in [1.54, 1.807) is 0 Å². The van der Waals surface area contributed by atoms with Crippen LogP contribution in [0, 0.1) is 5.82 Å². The van der Waals surface area contributed by atoms with Crippen molar-refractivity contribution in [1.82, 2.24) is 9.62 Å². The quantitative estimate of drug-likeness (QED) is 0.570. The average Bonchev–Trinajstić information content (AvgIpc) is 3.28. The first kappa shape index (κ1) is 21.3. The standard InChI is InChI=1S/C23H23FN2O4S/c24-19-8-11-21(12-9-19)31(28,29)26-14-3-6-22(26)23(27)25-13-15-30-20-10-7-17-4-1-2-5-18(17)16-20/h1-2,4-5,7-12,16,22H,3,6,13-15H2,(H,25,27)/t22-/m1/s1. The van der Waals surface area contributed by atoms with Gasteiger partial charge in [-0.25, -0.2) is 12.8 Å². The Morgan fingerprint density at radius 1 is 1.06 bits per heavy atom. The van der Waals surface area contributed by atoms with Crippen molar-refractivity contribution >= 4 is 26.7 Å². The lowest BCUT2D eigenvalue weighted by molar-refractivity contribution is -0.124. The molecule has 1 N–H and O–H groups in total. The summed E-state index contributed by atoms with van der Waals surface area (Å²) in [4.78, 5) is 12.6. The van der Waals surface area contributed by atoms with Crippen LogP contribution in [0.15, 0.2) is 71.6 Å². The van der Waals surface area contributed by atoms with Gasteiger partial charge in [0.15, 0.2) is 0 Å². The van der Waals surface area contributed by atoms with Crippen LogP contribution < -0.4 is 10.1 Å². The average molecular weight is 443 g/mol. The van der Waals surface area contributed by atoms with Crippen LogP contribution in [0.4, 0.5) is 4.39 Å². The van der Waals surface area contributed by atoms with Gasteiger partial charge in [-0.15, -0.1) is 0 Å². The number of benzene rings is 3. The van der Waals surface area contributed by atoms with Gasteiger partial charge in [0.1, 0.15) is 24.2 Å². The molecule has 0 spiro atoms. The molecule has 31 heavy (non-hydrogen) atoms. The Kier molecular flexibility index (Phi) is 6.20. The van der Waals surface area contributed by atoms with Crippen molar-refractivity contribution in [3.8, 4) is 5.75 Å². The van der Waals surface area contributed by atoms with Crippen LogP contribution >= 0.6 is 0 Å². The monoisotopic (exact) mass is 442 g/mol. The second-order valence-electron chi connectivity index (χ2n) is 7.38. The lowest BCUT2D eigenvalue weighted by Gasteiger charge is -2.23. The number of hydrogen-bond acceptors (Lipinski definition) is 4. The summed E-state index contributed by atoms with van der Waals surface area (Å²) in [5.41, 5.74) is 0. The van der Waals surface area contributed by atoms with Gasteiger partial charge in [0.25, 0.3) is 0 Å². The van der Waals surface area contributed by atoms with Gasteiger partial charge in [-0.05, 0) is 60.0 Å². The van der Waals surface area contributed by atoms with Crippen LogP contribution in [-0.2, 0) is 14.8 Å². The molecule has 8 heteroatoms. The summed E-state index contributed by atoms with van der Waals surface area (Å²) in [6.07, 6.45) is 1.03. The van der Waals surface area contributed by atoms with E-state index in [2.05, 4.69) is 5.32 Å². The van der Waals surface area contributed by atoms with Gasteiger partial charge in [0.2, 0.25) is 15.9 Å². The van der Waals surface area contributed by atoms with Crippen molar-refractivity contribution in [3.63, 3.8) is 0 Å². The number of carbonyl (C=O) groups excluding carboxylic acids is 1. The molecule has 0 aromatic heterocycles. The van der Waals surface area contributed by atoms with E-state index in [0.29, 0.717) is 18.6 Å². The molecule has 1 saturated heterocycles. The maximum Gasteiger partial charge on any atom is 0.243 e. The highest BCUT2D eigenvalue weighted by molar-refractivity contribution is 7.89. The smallest absolute Gasteiger partial charge is 0.243 e. The van der Waals surface area contributed by atoms with E-state index in [-0.39, 0.29) is 30.5 Å². The van der Waals surface area contributed by atoms with E-state index in [4.69, 9.17) is 4.74 Å². The summed E-state index contributed by atoms with van der Waals surface area (Å²) in [6.45, 7) is 0.777. The van der Waals surface area contributed by atoms with E-state index in [1.165, 1.54) is 16.4 Å². The molecule has 1 amide bonds. The van der Waals surface area contributed by atoms with Crippen molar-refractivity contribution in [2.75, 3.05) is 19.7 Å². The SMILES string of the molecule is O=C(NCCOc1ccc2ccccc2c1)[C@H]1CCCN1S(=O)(=O)c1ccc(F)cc1. The number of halogens is 1. The molecule has 1 heterocycles. The molecule has 6 nitrogen and oxygen atoms in total. The van der Waals surface area contributed by atoms with Crippen LogP contribution in [0.3, 0.4) is 0 Å². The van der Waals surface area contributed by atoms with Gasteiger partial charge in [-0.2, -0.15) is 4.31 Å². The minimum absolute atomic E-state index is 0.0202. The predicted octanol–water partition coefficient (Wildman–Crippen LogP) is 3.33. The molecule has 3 aromatic rings. The fraction of sp³-hybridized carbons (Fsp3) is 0.261. The minimum Gasteiger partial charge on any atom is -0.492 e. The number of amides is 1. The number of sulfonamides is 1. The summed E-state index contributed by atoms with van der Waals surface area (Å²) in [7, 11) is -3.87. The Balaban J connectivity index is 1.33. The third-order valence-electron chi connectivity index (χ3n) is 5.32. The minimum atomic E-state index is -3.87. The van der Waals surface area contributed by atoms with Crippen molar-refractivity contribution in [2.45, 2.75) is 23.8 Å². The van der Waals surface area contributed by atoms with Gasteiger partial charge < -0.3 is 10.1 Å². The number of nitrogens with one attached hydrogen (secondary N) is 1. The molecule has 3 aromatic carbocycles. The topological polar surface area (TPSA) is 75.7 Å². The maximum absolute atomic E-state index is 13.1. The zero-order valence-electron chi connectivity index (χ0n) is 16.8. The first-order valence-electron chi connectivity index (χ1n) is 10.1. The Morgan fingerprint density at radius 3 is 2.58 bits per heavy atom. The molecule has 1 fully saturated rings. The second kappa shape index (κ2) is 9.03. The van der Waals surface area contributed by atoms with Gasteiger partial charge >= 0.3 is 0 Å². The van der Waals surface area contributed by atoms with Crippen molar-refractivity contribution in [2.24, 2.45) is 0 Å². The largest absolute Gasteiger partial charge is 0.492 e. The number of nitrogens with zero attached hydrogens (tertiary/aromatic N) is 1. The maximum atomic E-state index is 13.1. The van der Waals surface area contributed by atoms with Gasteiger partial charge in [0, 0.05) is 6.54 Å². The summed E-state index contributed by atoms with van der Waals surface area (Å²) >= 11 is 0. The van der Waals surface area contributed by atoms with Crippen molar-refractivity contribution in [3.05, 3.63) is 72.5 Å². The van der Waals surface area contributed by atoms with Gasteiger partial charge in [0.05, 0.1) is 11.4 Å². The Labute approximate surface area is 180 Å². The molecule has 1 atom stereocenters. The fourth-order valence-electron chi connectivity index (χ4n) is 3.75. The Morgan fingerprint density at radius 2 is 1.81 bits per heavy atom. The Hall–Kier alpha value is -2.97. The van der Waals surface area contributed by atoms with E-state index >= 15 is 0 Å². The Bertz CT molecular complexity index is 1180. The molecule has 0 saturated carbocycles. The third kappa shape index (κ3) is 4.70. The summed E-state index contributed by atoms with van der Waals surface area (Å²) in [6, 6.07) is 17.6. The number of hydrogen-bond donors (Lipinski definition) is 1. The molecule has 0 aliphatic carbocycles. The number of fused-ring (bicyclic) bond motifs is 1. The molecule has 4 rings (SSSR count). The number of rotatable bonds is 7. The van der Waals surface area contributed by atoms with Crippen LogP contribution in [0.25, 0.3) is 10.8 Å². The summed E-state index contributed by atoms with van der Waals surface area (Å²) in [5, 5.41) is 4.95. The number of carbonyl (C=O) groups is 1. The summed E-state index contributed by atoms with van der Waals surface area (Å²) in [5.74, 6) is -0.166. The predicted molar refractivity (Wildman–Crippen MR) is 116 cm³/mol. The van der Waals surface area contributed by atoms with Crippen LogP contribution in [0.1, 0.15) is 12.8 Å². The molecule has 0 bridgehead atoms. The van der Waals surface area contributed by atoms with E-state index in [0.717, 1.165) is 22.9 Å². The molecule has 162 valence electrons. The molecular formula is C23H23FN2O4S. The van der Waals surface area contributed by atoms with Gasteiger partial charge in [-0.1, -0.05) is 30.3 Å². The normalized spacial score (nSPS) is 17.0. The molecule has 0 radical (unpaired) electrons. The molecular weight excluding hydrogens is 419 g/mol. The number of ether oxygens (including phenoxy) is 1.